The van der Waals surface area contributed by atoms with Gasteiger partial charge in [0.2, 0.25) is 0 Å². The molecular weight excluding hydrogens is 330 g/mol. The fraction of sp³-hybridized carbons (Fsp3) is 0.520. The summed E-state index contributed by atoms with van der Waals surface area (Å²) in [4.78, 5) is 2.72. The summed E-state index contributed by atoms with van der Waals surface area (Å²) in [5.74, 6) is 1.00. The standard InChI is InChI=1S/C25H33NO/c1-24-14-6-7-15-25(24,22-11-8-12-23(19-22)27-2)16-18-26(20-24)17-13-21-9-4-3-5-10-21/h3-5,8-12,19H,6-7,13-18,20H2,1-2H3. The zero-order chi connectivity index (χ0) is 18.7. The number of likely N-dealkylation sites (tertiary alicyclic amines) is 1. The van der Waals surface area contributed by atoms with Crippen molar-refractivity contribution in [3.8, 4) is 5.75 Å². The highest BCUT2D eigenvalue weighted by molar-refractivity contribution is 5.37. The minimum Gasteiger partial charge on any atom is -0.497 e. The number of nitrogens with zero attached hydrogens (tertiary/aromatic N) is 1. The van der Waals surface area contributed by atoms with Crippen LogP contribution >= 0.6 is 0 Å². The van der Waals surface area contributed by atoms with Crippen LogP contribution in [0, 0.1) is 5.41 Å². The Morgan fingerprint density at radius 3 is 2.59 bits per heavy atom. The zero-order valence-corrected chi connectivity index (χ0v) is 16.9. The maximum atomic E-state index is 5.55. The smallest absolute Gasteiger partial charge is 0.119 e. The molecule has 2 unspecified atom stereocenters. The highest BCUT2D eigenvalue weighted by atomic mass is 16.5. The first-order chi connectivity index (χ1) is 13.2. The van der Waals surface area contributed by atoms with E-state index >= 15 is 0 Å². The van der Waals surface area contributed by atoms with Crippen LogP contribution in [0.2, 0.25) is 0 Å². The Hall–Kier alpha value is -1.80. The second-order valence-corrected chi connectivity index (χ2v) is 8.84. The van der Waals surface area contributed by atoms with Gasteiger partial charge in [-0.25, -0.2) is 0 Å². The molecule has 1 heterocycles. The molecule has 0 spiro atoms. The van der Waals surface area contributed by atoms with E-state index in [-0.39, 0.29) is 0 Å². The van der Waals surface area contributed by atoms with E-state index in [1.165, 1.54) is 62.9 Å². The van der Waals surface area contributed by atoms with Crippen LogP contribution in [0.5, 0.6) is 5.75 Å². The van der Waals surface area contributed by atoms with Crippen molar-refractivity contribution in [3.63, 3.8) is 0 Å². The number of hydrogen-bond donors (Lipinski definition) is 0. The van der Waals surface area contributed by atoms with Crippen molar-refractivity contribution >= 4 is 0 Å². The van der Waals surface area contributed by atoms with Crippen molar-refractivity contribution in [2.24, 2.45) is 5.41 Å². The van der Waals surface area contributed by atoms with Gasteiger partial charge in [0, 0.05) is 18.5 Å². The van der Waals surface area contributed by atoms with Crippen LogP contribution in [-0.4, -0.2) is 31.6 Å². The molecule has 2 fully saturated rings. The maximum absolute atomic E-state index is 5.55. The first-order valence-electron chi connectivity index (χ1n) is 10.6. The predicted molar refractivity (Wildman–Crippen MR) is 112 cm³/mol. The largest absolute Gasteiger partial charge is 0.497 e. The van der Waals surface area contributed by atoms with Gasteiger partial charge in [-0.05, 0) is 60.9 Å². The normalized spacial score (nSPS) is 28.5. The summed E-state index contributed by atoms with van der Waals surface area (Å²) >= 11 is 0. The van der Waals surface area contributed by atoms with Crippen LogP contribution in [0.4, 0.5) is 0 Å². The Kier molecular flexibility index (Phi) is 5.27. The molecule has 0 amide bonds. The van der Waals surface area contributed by atoms with E-state index < -0.39 is 0 Å². The Balaban J connectivity index is 1.54. The van der Waals surface area contributed by atoms with Crippen LogP contribution in [0.1, 0.15) is 50.2 Å². The average Bonchev–Trinajstić information content (AvgIpc) is 2.72. The van der Waals surface area contributed by atoms with Crippen LogP contribution in [0.25, 0.3) is 0 Å². The molecule has 2 aromatic carbocycles. The molecule has 0 radical (unpaired) electrons. The molecule has 2 aliphatic rings. The summed E-state index contributed by atoms with van der Waals surface area (Å²) in [6.45, 7) is 6.16. The molecule has 0 aromatic heterocycles. The van der Waals surface area contributed by atoms with Crippen LogP contribution < -0.4 is 4.74 Å². The fourth-order valence-electron chi connectivity index (χ4n) is 5.74. The lowest BCUT2D eigenvalue weighted by molar-refractivity contribution is -0.0208. The molecule has 4 rings (SSSR count). The van der Waals surface area contributed by atoms with E-state index in [0.717, 1.165) is 12.2 Å². The van der Waals surface area contributed by atoms with E-state index in [2.05, 4.69) is 66.4 Å². The van der Waals surface area contributed by atoms with E-state index in [9.17, 15) is 0 Å². The van der Waals surface area contributed by atoms with Crippen molar-refractivity contribution in [1.29, 1.82) is 0 Å². The molecule has 2 heteroatoms. The van der Waals surface area contributed by atoms with Gasteiger partial charge in [0.05, 0.1) is 7.11 Å². The topological polar surface area (TPSA) is 12.5 Å². The number of rotatable bonds is 5. The summed E-state index contributed by atoms with van der Waals surface area (Å²) in [6, 6.07) is 19.9. The first kappa shape index (κ1) is 18.6. The van der Waals surface area contributed by atoms with E-state index in [1.807, 2.05) is 0 Å². The highest BCUT2D eigenvalue weighted by Gasteiger charge is 2.53. The lowest BCUT2D eigenvalue weighted by Gasteiger charge is -2.58. The van der Waals surface area contributed by atoms with Gasteiger partial charge in [0.1, 0.15) is 5.75 Å². The van der Waals surface area contributed by atoms with Crippen molar-refractivity contribution in [2.75, 3.05) is 26.7 Å². The number of ether oxygens (including phenoxy) is 1. The number of methoxy groups -OCH3 is 1. The third-order valence-corrected chi connectivity index (χ3v) is 7.35. The van der Waals surface area contributed by atoms with Crippen molar-refractivity contribution in [1.82, 2.24) is 4.90 Å². The second-order valence-electron chi connectivity index (χ2n) is 8.84. The second kappa shape index (κ2) is 7.67. The van der Waals surface area contributed by atoms with Gasteiger partial charge in [-0.15, -0.1) is 0 Å². The summed E-state index contributed by atoms with van der Waals surface area (Å²) in [6.07, 6.45) is 7.81. The SMILES string of the molecule is COc1cccc(C23CCCCC2(C)CN(CCc2ccccc2)CC3)c1. The maximum Gasteiger partial charge on any atom is 0.119 e. The highest BCUT2D eigenvalue weighted by Crippen LogP contribution is 2.56. The lowest BCUT2D eigenvalue weighted by atomic mass is 9.51. The molecule has 0 N–H and O–H groups in total. The summed E-state index contributed by atoms with van der Waals surface area (Å²) in [5, 5.41) is 0. The molecule has 144 valence electrons. The van der Waals surface area contributed by atoms with Gasteiger partial charge in [-0.1, -0.05) is 62.2 Å². The molecule has 27 heavy (non-hydrogen) atoms. The first-order valence-corrected chi connectivity index (χ1v) is 10.6. The average molecular weight is 364 g/mol. The summed E-state index contributed by atoms with van der Waals surface area (Å²) in [7, 11) is 1.78. The van der Waals surface area contributed by atoms with Gasteiger partial charge in [0.15, 0.2) is 0 Å². The molecule has 0 bridgehead atoms. The predicted octanol–water partition coefficient (Wildman–Crippen LogP) is 5.46. The third-order valence-electron chi connectivity index (χ3n) is 7.35. The summed E-state index contributed by atoms with van der Waals surface area (Å²) in [5.41, 5.74) is 3.62. The van der Waals surface area contributed by atoms with E-state index in [1.54, 1.807) is 7.11 Å². The molecule has 2 atom stereocenters. The van der Waals surface area contributed by atoms with Gasteiger partial charge >= 0.3 is 0 Å². The molecule has 2 aromatic rings. The van der Waals surface area contributed by atoms with Gasteiger partial charge in [-0.2, -0.15) is 0 Å². The Morgan fingerprint density at radius 2 is 1.78 bits per heavy atom. The van der Waals surface area contributed by atoms with Gasteiger partial charge < -0.3 is 9.64 Å². The van der Waals surface area contributed by atoms with Crippen molar-refractivity contribution < 1.29 is 4.74 Å². The van der Waals surface area contributed by atoms with Gasteiger partial charge in [-0.3, -0.25) is 0 Å². The molecule has 1 aliphatic carbocycles. The van der Waals surface area contributed by atoms with Crippen LogP contribution in [-0.2, 0) is 11.8 Å². The number of piperidine rings is 1. The Morgan fingerprint density at radius 1 is 0.963 bits per heavy atom. The lowest BCUT2D eigenvalue weighted by Crippen LogP contribution is -2.58. The number of fused-ring (bicyclic) bond motifs is 1. The third kappa shape index (κ3) is 3.52. The quantitative estimate of drug-likeness (QED) is 0.699. The van der Waals surface area contributed by atoms with Crippen LogP contribution in [0.15, 0.2) is 54.6 Å². The fourth-order valence-corrected chi connectivity index (χ4v) is 5.74. The molecule has 2 nitrogen and oxygen atoms in total. The van der Waals surface area contributed by atoms with E-state index in [4.69, 9.17) is 4.74 Å². The molecule has 1 saturated heterocycles. The minimum absolute atomic E-state index is 0.309. The molecule has 1 aliphatic heterocycles. The Labute approximate surface area is 164 Å². The van der Waals surface area contributed by atoms with Gasteiger partial charge in [0.25, 0.3) is 0 Å². The molecular formula is C25H33NO. The number of benzene rings is 2. The van der Waals surface area contributed by atoms with Crippen molar-refractivity contribution in [2.45, 2.75) is 50.9 Å². The zero-order valence-electron chi connectivity index (χ0n) is 16.9. The summed E-state index contributed by atoms with van der Waals surface area (Å²) < 4.78 is 5.55. The Bertz CT molecular complexity index is 758. The number of hydrogen-bond acceptors (Lipinski definition) is 2. The van der Waals surface area contributed by atoms with E-state index in [0.29, 0.717) is 10.8 Å². The van der Waals surface area contributed by atoms with Crippen molar-refractivity contribution in [3.05, 3.63) is 65.7 Å². The molecule has 1 saturated carbocycles. The van der Waals surface area contributed by atoms with Crippen LogP contribution in [0.3, 0.4) is 0 Å². The minimum atomic E-state index is 0.309. The monoisotopic (exact) mass is 363 g/mol.